The molecule has 0 aliphatic heterocycles. The molecule has 0 aromatic heterocycles. The van der Waals surface area contributed by atoms with Gasteiger partial charge < -0.3 is 0 Å². The zero-order chi connectivity index (χ0) is 14.2. The fourth-order valence-corrected chi connectivity index (χ4v) is 2.67. The lowest BCUT2D eigenvalue weighted by atomic mass is 10.1. The molecule has 0 N–H and O–H groups in total. The van der Waals surface area contributed by atoms with E-state index in [1.54, 1.807) is 23.9 Å². The molecule has 20 heavy (non-hydrogen) atoms. The Morgan fingerprint density at radius 1 is 0.850 bits per heavy atom. The maximum atomic E-state index is 11.9. The van der Waals surface area contributed by atoms with Crippen LogP contribution in [0.4, 0.5) is 0 Å². The molecule has 0 saturated carbocycles. The minimum atomic E-state index is -0.101. The van der Waals surface area contributed by atoms with E-state index in [-0.39, 0.29) is 18.0 Å². The van der Waals surface area contributed by atoms with Gasteiger partial charge in [-0.2, -0.15) is 0 Å². The summed E-state index contributed by atoms with van der Waals surface area (Å²) in [6.07, 6.45) is -0.00813. The molecule has 2 aromatic rings. The van der Waals surface area contributed by atoms with Gasteiger partial charge in [-0.1, -0.05) is 60.7 Å². The van der Waals surface area contributed by atoms with Gasteiger partial charge in [0.2, 0.25) is 0 Å². The zero-order valence-electron chi connectivity index (χ0n) is 11.1. The smallest absolute Gasteiger partial charge is 0.170 e. The summed E-state index contributed by atoms with van der Waals surface area (Å²) in [6.45, 7) is 0. The summed E-state index contributed by atoms with van der Waals surface area (Å²) < 4.78 is 0. The van der Waals surface area contributed by atoms with Crippen molar-refractivity contribution in [3.8, 4) is 0 Å². The van der Waals surface area contributed by atoms with Crippen LogP contribution in [0.1, 0.15) is 22.3 Å². The lowest BCUT2D eigenvalue weighted by Gasteiger charge is -2.02. The third-order valence-corrected chi connectivity index (χ3v) is 3.89. The van der Waals surface area contributed by atoms with Crippen LogP contribution in [0.2, 0.25) is 0 Å². The van der Waals surface area contributed by atoms with Crippen LogP contribution in [0.25, 0.3) is 0 Å². The van der Waals surface area contributed by atoms with E-state index in [1.807, 2.05) is 48.5 Å². The third kappa shape index (κ3) is 4.67. The van der Waals surface area contributed by atoms with Gasteiger partial charge in [-0.25, -0.2) is 0 Å². The Kier molecular flexibility index (Phi) is 5.56. The Labute approximate surface area is 123 Å². The number of hydrogen-bond acceptors (Lipinski definition) is 3. The lowest BCUT2D eigenvalue weighted by molar-refractivity contribution is -0.115. The van der Waals surface area contributed by atoms with Gasteiger partial charge in [-0.15, -0.1) is 11.8 Å². The summed E-state index contributed by atoms with van der Waals surface area (Å²) in [5.74, 6) is 1.07. The summed E-state index contributed by atoms with van der Waals surface area (Å²) in [5.41, 5.74) is 1.80. The first kappa shape index (κ1) is 14.5. The van der Waals surface area contributed by atoms with Crippen molar-refractivity contribution in [3.63, 3.8) is 0 Å². The third-order valence-electron chi connectivity index (χ3n) is 2.83. The minimum Gasteiger partial charge on any atom is -0.298 e. The van der Waals surface area contributed by atoms with Crippen molar-refractivity contribution in [2.75, 3.05) is 5.75 Å². The Morgan fingerprint density at radius 3 is 2.10 bits per heavy atom. The van der Waals surface area contributed by atoms with Crippen LogP contribution in [0.5, 0.6) is 0 Å². The maximum absolute atomic E-state index is 11.9. The molecule has 2 aromatic carbocycles. The van der Waals surface area contributed by atoms with Gasteiger partial charge in [-0.05, 0) is 5.56 Å². The molecule has 0 atom stereocenters. The molecule has 0 unspecified atom stereocenters. The number of rotatable bonds is 7. The van der Waals surface area contributed by atoms with Gasteiger partial charge in [0.15, 0.2) is 5.78 Å². The molecule has 0 fully saturated rings. The normalized spacial score (nSPS) is 10.2. The Morgan fingerprint density at radius 2 is 1.45 bits per heavy atom. The Hall–Kier alpha value is -1.87. The van der Waals surface area contributed by atoms with Gasteiger partial charge in [0, 0.05) is 11.3 Å². The first-order valence-corrected chi connectivity index (χ1v) is 7.63. The monoisotopic (exact) mass is 284 g/mol. The number of ketones is 2. The van der Waals surface area contributed by atoms with Crippen molar-refractivity contribution in [1.29, 1.82) is 0 Å². The number of carbonyl (C=O) groups excluding carboxylic acids is 2. The highest BCUT2D eigenvalue weighted by Crippen LogP contribution is 2.13. The highest BCUT2D eigenvalue weighted by molar-refractivity contribution is 7.99. The molecule has 3 heteroatoms. The maximum Gasteiger partial charge on any atom is 0.170 e. The van der Waals surface area contributed by atoms with Crippen LogP contribution in [-0.4, -0.2) is 17.3 Å². The summed E-state index contributed by atoms with van der Waals surface area (Å²) in [7, 11) is 0. The highest BCUT2D eigenvalue weighted by atomic mass is 32.2. The van der Waals surface area contributed by atoms with Crippen LogP contribution in [-0.2, 0) is 10.5 Å². The van der Waals surface area contributed by atoms with Crippen LogP contribution in [0.15, 0.2) is 60.7 Å². The van der Waals surface area contributed by atoms with Gasteiger partial charge in [0.05, 0.1) is 12.2 Å². The van der Waals surface area contributed by atoms with Crippen molar-refractivity contribution in [2.24, 2.45) is 0 Å². The van der Waals surface area contributed by atoms with Gasteiger partial charge in [0.1, 0.15) is 5.78 Å². The number of carbonyl (C=O) groups is 2. The molecular formula is C17H16O2S. The van der Waals surface area contributed by atoms with Crippen LogP contribution in [0, 0.1) is 0 Å². The first-order chi connectivity index (χ1) is 9.75. The quantitative estimate of drug-likeness (QED) is 0.573. The molecule has 0 bridgehead atoms. The molecule has 0 radical (unpaired) electrons. The molecule has 0 amide bonds. The second kappa shape index (κ2) is 7.65. The summed E-state index contributed by atoms with van der Waals surface area (Å²) in [4.78, 5) is 23.6. The summed E-state index contributed by atoms with van der Waals surface area (Å²) in [5, 5.41) is 0. The molecule has 2 rings (SSSR count). The van der Waals surface area contributed by atoms with Crippen LogP contribution >= 0.6 is 11.8 Å². The van der Waals surface area contributed by atoms with E-state index >= 15 is 0 Å². The number of Topliss-reactive ketones (excluding diaryl/α,β-unsaturated/α-hetero) is 2. The molecule has 2 nitrogen and oxygen atoms in total. The minimum absolute atomic E-state index is 0.00813. The van der Waals surface area contributed by atoms with E-state index in [0.29, 0.717) is 11.3 Å². The summed E-state index contributed by atoms with van der Waals surface area (Å²) >= 11 is 1.55. The number of hydrogen-bond donors (Lipinski definition) is 0. The van der Waals surface area contributed by atoms with E-state index in [4.69, 9.17) is 0 Å². The van der Waals surface area contributed by atoms with E-state index in [1.165, 1.54) is 5.56 Å². The molecule has 0 spiro atoms. The van der Waals surface area contributed by atoms with Gasteiger partial charge in [0.25, 0.3) is 0 Å². The topological polar surface area (TPSA) is 34.1 Å². The van der Waals surface area contributed by atoms with Gasteiger partial charge >= 0.3 is 0 Å². The van der Waals surface area contributed by atoms with Crippen molar-refractivity contribution in [3.05, 3.63) is 71.8 Å². The van der Waals surface area contributed by atoms with Crippen molar-refractivity contribution < 1.29 is 9.59 Å². The molecular weight excluding hydrogens is 268 g/mol. The predicted molar refractivity (Wildman–Crippen MR) is 83.0 cm³/mol. The molecule has 0 aliphatic carbocycles. The standard InChI is InChI=1S/C17H16O2S/c18-16(11-17(19)15-9-5-2-6-10-15)13-20-12-14-7-3-1-4-8-14/h1-10H,11-13H2. The fourth-order valence-electron chi connectivity index (χ4n) is 1.81. The average Bonchev–Trinajstić information content (AvgIpc) is 2.49. The van der Waals surface area contributed by atoms with Crippen LogP contribution in [0.3, 0.4) is 0 Å². The zero-order valence-corrected chi connectivity index (χ0v) is 11.9. The van der Waals surface area contributed by atoms with E-state index < -0.39 is 0 Å². The molecule has 0 saturated heterocycles. The van der Waals surface area contributed by atoms with E-state index in [9.17, 15) is 9.59 Å². The Balaban J connectivity index is 1.74. The first-order valence-electron chi connectivity index (χ1n) is 6.47. The molecule has 0 aliphatic rings. The van der Waals surface area contributed by atoms with Crippen molar-refractivity contribution in [2.45, 2.75) is 12.2 Å². The molecule has 102 valence electrons. The Bertz CT molecular complexity index is 564. The van der Waals surface area contributed by atoms with E-state index in [0.717, 1.165) is 5.75 Å². The fraction of sp³-hybridized carbons (Fsp3) is 0.176. The largest absolute Gasteiger partial charge is 0.298 e. The SMILES string of the molecule is O=C(CSCc1ccccc1)CC(=O)c1ccccc1. The molecule has 0 heterocycles. The summed E-state index contributed by atoms with van der Waals surface area (Å²) in [6, 6.07) is 19.0. The van der Waals surface area contributed by atoms with Gasteiger partial charge in [-0.3, -0.25) is 9.59 Å². The predicted octanol–water partition coefficient (Wildman–Crippen LogP) is 3.76. The lowest BCUT2D eigenvalue weighted by Crippen LogP contribution is -2.10. The van der Waals surface area contributed by atoms with E-state index in [2.05, 4.69) is 0 Å². The van der Waals surface area contributed by atoms with Crippen molar-refractivity contribution in [1.82, 2.24) is 0 Å². The second-order valence-corrected chi connectivity index (χ2v) is 5.47. The second-order valence-electron chi connectivity index (χ2n) is 4.48. The average molecular weight is 284 g/mol. The number of benzene rings is 2. The number of thioether (sulfide) groups is 1. The van der Waals surface area contributed by atoms with Crippen molar-refractivity contribution >= 4 is 23.3 Å². The van der Waals surface area contributed by atoms with Crippen LogP contribution < -0.4 is 0 Å². The highest BCUT2D eigenvalue weighted by Gasteiger charge is 2.11.